The van der Waals surface area contributed by atoms with Crippen molar-refractivity contribution in [3.05, 3.63) is 62.9 Å². The maximum Gasteiger partial charge on any atom is 0.483 e. The lowest BCUT2D eigenvalue weighted by Gasteiger charge is -2.40. The van der Waals surface area contributed by atoms with Crippen LogP contribution in [0.5, 0.6) is 0 Å². The zero-order valence-corrected chi connectivity index (χ0v) is 26.0. The van der Waals surface area contributed by atoms with Gasteiger partial charge in [0.25, 0.3) is 15.7 Å². The van der Waals surface area contributed by atoms with Crippen LogP contribution in [0.1, 0.15) is 11.8 Å². The molecule has 0 amide bonds. The molecule has 258 valence electrons. The lowest BCUT2D eigenvalue weighted by Crippen LogP contribution is -2.59. The van der Waals surface area contributed by atoms with Crippen molar-refractivity contribution >= 4 is 25.8 Å². The summed E-state index contributed by atoms with van der Waals surface area (Å²) in [6.07, 6.45) is -16.5. The second-order valence-corrected chi connectivity index (χ2v) is 14.7. The fourth-order valence-corrected chi connectivity index (χ4v) is 7.34. The first-order valence-corrected chi connectivity index (χ1v) is 17.4. The first kappa shape index (κ1) is 36.6. The van der Waals surface area contributed by atoms with E-state index in [4.69, 9.17) is 13.7 Å². The topological polar surface area (TPSA) is 320 Å². The molecule has 1 aromatic carbocycles. The van der Waals surface area contributed by atoms with E-state index in [-0.39, 0.29) is 4.90 Å². The third-order valence-corrected chi connectivity index (χ3v) is 10.6. The number of hydrogen-bond donors (Lipinski definition) is 8. The number of phosphoric ester groups is 2. The molecule has 4 rings (SSSR count). The van der Waals surface area contributed by atoms with Gasteiger partial charge in [0.15, 0.2) is 12.5 Å². The zero-order chi connectivity index (χ0) is 34.2. The number of aromatic nitrogens is 2. The summed E-state index contributed by atoms with van der Waals surface area (Å²) in [5, 5.41) is 51.1. The normalized spacial score (nSPS) is 32.9. The van der Waals surface area contributed by atoms with Crippen molar-refractivity contribution in [1.29, 1.82) is 0 Å². The molecule has 0 saturated carbocycles. The number of aliphatic hydroxyl groups excluding tert-OH is 5. The molecule has 46 heavy (non-hydrogen) atoms. The average molecular weight is 720 g/mol. The quantitative estimate of drug-likeness (QED) is 0.0796. The van der Waals surface area contributed by atoms with Crippen LogP contribution in [0.4, 0.5) is 0 Å². The van der Waals surface area contributed by atoms with E-state index in [1.807, 2.05) is 4.98 Å². The van der Waals surface area contributed by atoms with Gasteiger partial charge in [-0.3, -0.25) is 27.6 Å². The minimum absolute atomic E-state index is 0.269. The van der Waals surface area contributed by atoms with Crippen LogP contribution in [-0.2, 0) is 46.3 Å². The smallest absolute Gasteiger partial charge is 0.387 e. The highest BCUT2D eigenvalue weighted by atomic mass is 32.2. The molecular weight excluding hydrogens is 690 g/mol. The fourth-order valence-electron chi connectivity index (χ4n) is 4.27. The summed E-state index contributed by atoms with van der Waals surface area (Å²) in [5.74, 6) is 0. The number of nitrogens with one attached hydrogen (secondary N) is 1. The Morgan fingerprint density at radius 3 is 2.09 bits per heavy atom. The van der Waals surface area contributed by atoms with Crippen LogP contribution in [0.3, 0.4) is 0 Å². The third kappa shape index (κ3) is 8.62. The summed E-state index contributed by atoms with van der Waals surface area (Å²) in [6, 6.07) is 6.34. The SMILES string of the molecule is Cc1ccc(S(=O)(=O)OCC2O[C@H](OP(=O)(O)OP(=O)(O)OCC3OC(n4ccc(=O)[nH]c4=O)[C@H](O)[C@@H]3O)C(O)[C@@H](O)[C@H]2O)cc1. The number of aromatic amines is 1. The van der Waals surface area contributed by atoms with E-state index < -0.39 is 105 Å². The monoisotopic (exact) mass is 720 g/mol. The first-order valence-electron chi connectivity index (χ1n) is 13.0. The number of H-pyrrole nitrogens is 1. The van der Waals surface area contributed by atoms with Gasteiger partial charge in [0, 0.05) is 12.3 Å². The Balaban J connectivity index is 1.36. The van der Waals surface area contributed by atoms with E-state index in [2.05, 4.69) is 13.4 Å². The average Bonchev–Trinajstić information content (AvgIpc) is 3.24. The van der Waals surface area contributed by atoms with Crippen LogP contribution in [0, 0.1) is 6.92 Å². The van der Waals surface area contributed by atoms with E-state index in [1.165, 1.54) is 24.3 Å². The molecule has 2 fully saturated rings. The summed E-state index contributed by atoms with van der Waals surface area (Å²) >= 11 is 0. The van der Waals surface area contributed by atoms with Crippen molar-refractivity contribution in [3.63, 3.8) is 0 Å². The van der Waals surface area contributed by atoms with Gasteiger partial charge in [-0.25, -0.2) is 13.9 Å². The van der Waals surface area contributed by atoms with Gasteiger partial charge in [0.2, 0.25) is 0 Å². The molecule has 2 aliphatic rings. The third-order valence-electron chi connectivity index (χ3n) is 6.67. The Hall–Kier alpha value is -2.21. The van der Waals surface area contributed by atoms with Gasteiger partial charge in [-0.1, -0.05) is 17.7 Å². The van der Waals surface area contributed by atoms with Crippen molar-refractivity contribution in [2.45, 2.75) is 67.1 Å². The molecule has 6 unspecified atom stereocenters. The molecule has 11 atom stereocenters. The molecule has 8 N–H and O–H groups in total. The largest absolute Gasteiger partial charge is 0.483 e. The highest BCUT2D eigenvalue weighted by molar-refractivity contribution is 7.86. The first-order chi connectivity index (χ1) is 21.3. The molecule has 2 aliphatic heterocycles. The Bertz CT molecular complexity index is 1700. The Kier molecular flexibility index (Phi) is 11.2. The van der Waals surface area contributed by atoms with Crippen molar-refractivity contribution in [3.8, 4) is 0 Å². The fraction of sp³-hybridized carbons (Fsp3) is 0.545. The Morgan fingerprint density at radius 1 is 0.848 bits per heavy atom. The molecule has 0 radical (unpaired) electrons. The number of aliphatic hydroxyl groups is 5. The number of benzene rings is 1. The van der Waals surface area contributed by atoms with Gasteiger partial charge in [-0.2, -0.15) is 12.7 Å². The van der Waals surface area contributed by atoms with Crippen molar-refractivity contribution < 1.29 is 79.9 Å². The number of phosphoric acid groups is 2. The Morgan fingerprint density at radius 2 is 1.46 bits per heavy atom. The molecular formula is C22H30N2O19P2S. The van der Waals surface area contributed by atoms with Crippen LogP contribution in [-0.4, -0.2) is 116 Å². The van der Waals surface area contributed by atoms with Gasteiger partial charge in [-0.05, 0) is 19.1 Å². The molecule has 0 spiro atoms. The second-order valence-electron chi connectivity index (χ2n) is 10.1. The van der Waals surface area contributed by atoms with Crippen LogP contribution in [0.2, 0.25) is 0 Å². The maximum atomic E-state index is 12.5. The van der Waals surface area contributed by atoms with Gasteiger partial charge >= 0.3 is 21.3 Å². The van der Waals surface area contributed by atoms with E-state index in [0.717, 1.165) is 17.8 Å². The lowest BCUT2D eigenvalue weighted by atomic mass is 10.00. The second kappa shape index (κ2) is 14.1. The summed E-state index contributed by atoms with van der Waals surface area (Å²) in [5.41, 5.74) is -1.05. The minimum atomic E-state index is -5.76. The molecule has 21 nitrogen and oxygen atoms in total. The molecule has 1 aromatic heterocycles. The standard InChI is InChI=1S/C22H30N2O19P2S/c1-10-2-4-11(5-3-10)46(36,37)39-9-13-15(26)17(28)19(30)21(41-13)42-45(34,35)43-44(32,33)38-8-12-16(27)18(29)20(40-12)24-7-6-14(25)23-22(24)31/h2-7,12-13,15-21,26-30H,8-9H2,1H3,(H,32,33)(H,34,35)(H,23,25,31)/t12?,13?,15-,16+,17-,18+,19?,20?,21+/m0/s1. The van der Waals surface area contributed by atoms with Crippen LogP contribution in [0.15, 0.2) is 51.0 Å². The molecule has 24 heteroatoms. The summed E-state index contributed by atoms with van der Waals surface area (Å²) in [7, 11) is -15.8. The highest BCUT2D eigenvalue weighted by Crippen LogP contribution is 2.61. The predicted octanol–water partition coefficient (Wildman–Crippen LogP) is -3.07. The summed E-state index contributed by atoms with van der Waals surface area (Å²) in [6.45, 7) is -0.359. The summed E-state index contributed by atoms with van der Waals surface area (Å²) in [4.78, 5) is 44.9. The molecule has 3 heterocycles. The van der Waals surface area contributed by atoms with E-state index in [9.17, 15) is 62.5 Å². The van der Waals surface area contributed by atoms with Crippen molar-refractivity contribution in [2.24, 2.45) is 0 Å². The molecule has 2 saturated heterocycles. The number of ether oxygens (including phenoxy) is 2. The van der Waals surface area contributed by atoms with Gasteiger partial charge in [-0.15, -0.1) is 0 Å². The van der Waals surface area contributed by atoms with Gasteiger partial charge < -0.3 is 44.8 Å². The minimum Gasteiger partial charge on any atom is -0.387 e. The van der Waals surface area contributed by atoms with E-state index >= 15 is 0 Å². The van der Waals surface area contributed by atoms with Crippen LogP contribution < -0.4 is 11.2 Å². The Labute approximate surface area is 258 Å². The number of nitrogens with zero attached hydrogens (tertiary/aromatic N) is 1. The molecule has 0 bridgehead atoms. The molecule has 0 aliphatic carbocycles. The van der Waals surface area contributed by atoms with E-state index in [0.29, 0.717) is 4.57 Å². The summed E-state index contributed by atoms with van der Waals surface area (Å²) < 4.78 is 79.1. The van der Waals surface area contributed by atoms with E-state index in [1.54, 1.807) is 6.92 Å². The predicted molar refractivity (Wildman–Crippen MR) is 146 cm³/mol. The van der Waals surface area contributed by atoms with Crippen molar-refractivity contribution in [2.75, 3.05) is 13.2 Å². The van der Waals surface area contributed by atoms with Crippen LogP contribution in [0.25, 0.3) is 0 Å². The number of rotatable bonds is 12. The number of hydrogen-bond acceptors (Lipinski definition) is 17. The lowest BCUT2D eigenvalue weighted by molar-refractivity contribution is -0.279. The van der Waals surface area contributed by atoms with Gasteiger partial charge in [0.05, 0.1) is 18.1 Å². The number of aryl methyl sites for hydroxylation is 1. The van der Waals surface area contributed by atoms with Crippen molar-refractivity contribution in [1.82, 2.24) is 9.55 Å². The highest BCUT2D eigenvalue weighted by Gasteiger charge is 2.50. The zero-order valence-electron chi connectivity index (χ0n) is 23.4. The van der Waals surface area contributed by atoms with Crippen LogP contribution >= 0.6 is 15.6 Å². The van der Waals surface area contributed by atoms with Gasteiger partial charge in [0.1, 0.15) is 42.7 Å². The maximum absolute atomic E-state index is 12.5. The molecule has 2 aromatic rings.